The van der Waals surface area contributed by atoms with Gasteiger partial charge in [-0.05, 0) is 19.1 Å². The predicted octanol–water partition coefficient (Wildman–Crippen LogP) is 3.28. The molecule has 5 nitrogen and oxygen atoms in total. The molecule has 2 aromatic rings. The van der Waals surface area contributed by atoms with Gasteiger partial charge in [0.25, 0.3) is 0 Å². The monoisotopic (exact) mass is 276 g/mol. The fraction of sp³-hybridized carbons (Fsp3) is 0.154. The summed E-state index contributed by atoms with van der Waals surface area (Å²) in [6.45, 7) is 6.17. The van der Waals surface area contributed by atoms with Crippen LogP contribution in [0.1, 0.15) is 12.6 Å². The average molecular weight is 277 g/mol. The summed E-state index contributed by atoms with van der Waals surface area (Å²) in [7, 11) is 0. The molecule has 0 aliphatic carbocycles. The summed E-state index contributed by atoms with van der Waals surface area (Å²) < 4.78 is 5.31. The van der Waals surface area contributed by atoms with E-state index in [-0.39, 0.29) is 0 Å². The van der Waals surface area contributed by atoms with Crippen LogP contribution in [-0.4, -0.2) is 21.6 Å². The first-order valence-corrected chi connectivity index (χ1v) is 6.09. The molecule has 1 N–H and O–H groups in total. The van der Waals surface area contributed by atoms with Crippen molar-refractivity contribution in [2.24, 2.45) is 0 Å². The Kier molecular flexibility index (Phi) is 4.30. The van der Waals surface area contributed by atoms with E-state index in [1.54, 1.807) is 12.4 Å². The summed E-state index contributed by atoms with van der Waals surface area (Å²) >= 11 is 6.25. The molecular formula is C13H13ClN4O. The third-order valence-electron chi connectivity index (χ3n) is 2.32. The molecule has 98 valence electrons. The first-order chi connectivity index (χ1) is 9.22. The van der Waals surface area contributed by atoms with E-state index in [0.717, 1.165) is 5.69 Å². The lowest BCUT2D eigenvalue weighted by Crippen LogP contribution is -2.01. The van der Waals surface area contributed by atoms with Crippen molar-refractivity contribution in [3.63, 3.8) is 0 Å². The minimum Gasteiger partial charge on any atom is -0.492 e. The van der Waals surface area contributed by atoms with E-state index in [0.29, 0.717) is 28.9 Å². The molecule has 0 spiro atoms. The molecule has 19 heavy (non-hydrogen) atoms. The van der Waals surface area contributed by atoms with Gasteiger partial charge in [-0.1, -0.05) is 18.2 Å². The Bertz CT molecular complexity index is 574. The largest absolute Gasteiger partial charge is 0.492 e. The normalized spacial score (nSPS) is 10.0. The Morgan fingerprint density at radius 3 is 2.79 bits per heavy atom. The van der Waals surface area contributed by atoms with E-state index >= 15 is 0 Å². The smallest absolute Gasteiger partial charge is 0.153 e. The molecule has 6 heteroatoms. The number of hydrogen-bond acceptors (Lipinski definition) is 5. The number of ether oxygens (including phenoxy) is 1. The molecule has 0 amide bonds. The number of nitrogens with zero attached hydrogens (tertiary/aromatic N) is 3. The highest BCUT2D eigenvalue weighted by molar-refractivity contribution is 6.34. The number of aromatic nitrogens is 3. The molecule has 2 heterocycles. The van der Waals surface area contributed by atoms with Crippen molar-refractivity contribution in [3.8, 4) is 0 Å². The maximum atomic E-state index is 6.25. The molecule has 0 radical (unpaired) electrons. The second-order valence-corrected chi connectivity index (χ2v) is 3.98. The Balaban J connectivity index is 2.27. The van der Waals surface area contributed by atoms with Crippen molar-refractivity contribution in [2.45, 2.75) is 6.92 Å². The predicted molar refractivity (Wildman–Crippen MR) is 75.2 cm³/mol. The summed E-state index contributed by atoms with van der Waals surface area (Å²) in [4.78, 5) is 12.1. The quantitative estimate of drug-likeness (QED) is 0.849. The number of pyridine rings is 1. The third-order valence-corrected chi connectivity index (χ3v) is 2.67. The summed E-state index contributed by atoms with van der Waals surface area (Å²) in [6.07, 6.45) is 4.77. The molecule has 0 aromatic carbocycles. The highest BCUT2D eigenvalue weighted by Crippen LogP contribution is 2.28. The SMILES string of the molecule is C=C(OCC)c1ncnc(Nc2ccncc2)c1Cl. The van der Waals surface area contributed by atoms with Crippen LogP contribution in [0, 0.1) is 0 Å². The van der Waals surface area contributed by atoms with Crippen LogP contribution in [-0.2, 0) is 4.74 Å². The van der Waals surface area contributed by atoms with Crippen molar-refractivity contribution < 1.29 is 4.74 Å². The van der Waals surface area contributed by atoms with Gasteiger partial charge in [-0.25, -0.2) is 9.97 Å². The van der Waals surface area contributed by atoms with Crippen molar-refractivity contribution in [2.75, 3.05) is 11.9 Å². The van der Waals surface area contributed by atoms with Gasteiger partial charge in [-0.3, -0.25) is 4.98 Å². The second kappa shape index (κ2) is 6.15. The van der Waals surface area contributed by atoms with Gasteiger partial charge < -0.3 is 10.1 Å². The molecule has 0 atom stereocenters. The molecule has 2 rings (SSSR count). The van der Waals surface area contributed by atoms with Crippen molar-refractivity contribution in [1.82, 2.24) is 15.0 Å². The van der Waals surface area contributed by atoms with Crippen LogP contribution in [0.3, 0.4) is 0 Å². The van der Waals surface area contributed by atoms with Gasteiger partial charge in [0.05, 0.1) is 6.61 Å². The highest BCUT2D eigenvalue weighted by Gasteiger charge is 2.12. The van der Waals surface area contributed by atoms with Crippen LogP contribution in [0.4, 0.5) is 11.5 Å². The first-order valence-electron chi connectivity index (χ1n) is 5.72. The summed E-state index contributed by atoms with van der Waals surface area (Å²) in [6, 6.07) is 3.63. The summed E-state index contributed by atoms with van der Waals surface area (Å²) in [5.41, 5.74) is 1.32. The van der Waals surface area contributed by atoms with E-state index < -0.39 is 0 Å². The van der Waals surface area contributed by atoms with Crippen molar-refractivity contribution in [1.29, 1.82) is 0 Å². The molecule has 0 unspecified atom stereocenters. The lowest BCUT2D eigenvalue weighted by atomic mass is 10.3. The number of halogens is 1. The van der Waals surface area contributed by atoms with Gasteiger partial charge in [-0.2, -0.15) is 0 Å². The molecular weight excluding hydrogens is 264 g/mol. The average Bonchev–Trinajstić information content (AvgIpc) is 2.42. The van der Waals surface area contributed by atoms with Crippen LogP contribution in [0.25, 0.3) is 5.76 Å². The van der Waals surface area contributed by atoms with Gasteiger partial charge in [0.2, 0.25) is 0 Å². The number of nitrogens with one attached hydrogen (secondary N) is 1. The summed E-state index contributed by atoms with van der Waals surface area (Å²) in [5, 5.41) is 3.46. The molecule has 0 aliphatic heterocycles. The van der Waals surface area contributed by atoms with Crippen LogP contribution < -0.4 is 5.32 Å². The van der Waals surface area contributed by atoms with E-state index in [1.165, 1.54) is 6.33 Å². The van der Waals surface area contributed by atoms with Gasteiger partial charge >= 0.3 is 0 Å². The van der Waals surface area contributed by atoms with Gasteiger partial charge in [-0.15, -0.1) is 0 Å². The number of anilines is 2. The number of hydrogen-bond donors (Lipinski definition) is 1. The fourth-order valence-corrected chi connectivity index (χ4v) is 1.72. The van der Waals surface area contributed by atoms with Gasteiger partial charge in [0.15, 0.2) is 5.82 Å². The molecule has 0 saturated heterocycles. The van der Waals surface area contributed by atoms with Gasteiger partial charge in [0.1, 0.15) is 22.8 Å². The lowest BCUT2D eigenvalue weighted by molar-refractivity contribution is 0.298. The number of rotatable bonds is 5. The van der Waals surface area contributed by atoms with E-state index in [4.69, 9.17) is 16.3 Å². The molecule has 2 aromatic heterocycles. The zero-order chi connectivity index (χ0) is 13.7. The molecule has 0 bridgehead atoms. The molecule has 0 aliphatic rings. The Morgan fingerprint density at radius 1 is 1.37 bits per heavy atom. The topological polar surface area (TPSA) is 59.9 Å². The maximum absolute atomic E-state index is 6.25. The van der Waals surface area contributed by atoms with Crippen molar-refractivity contribution >= 4 is 28.9 Å². The minimum absolute atomic E-state index is 0.373. The lowest BCUT2D eigenvalue weighted by Gasteiger charge is -2.11. The highest BCUT2D eigenvalue weighted by atomic mass is 35.5. The van der Waals surface area contributed by atoms with E-state index in [2.05, 4.69) is 26.8 Å². The van der Waals surface area contributed by atoms with Crippen LogP contribution in [0.5, 0.6) is 0 Å². The van der Waals surface area contributed by atoms with Crippen LogP contribution in [0.15, 0.2) is 37.4 Å². The first kappa shape index (κ1) is 13.3. The summed E-state index contributed by atoms with van der Waals surface area (Å²) in [5.74, 6) is 0.923. The van der Waals surface area contributed by atoms with E-state index in [1.807, 2.05) is 19.1 Å². The minimum atomic E-state index is 0.373. The standard InChI is InChI=1S/C13H13ClN4O/c1-3-19-9(2)12-11(14)13(17-8-16-12)18-10-4-6-15-7-5-10/h4-8H,2-3H2,1H3,(H,15,16,17,18). The van der Waals surface area contributed by atoms with Crippen molar-refractivity contribution in [3.05, 3.63) is 48.1 Å². The maximum Gasteiger partial charge on any atom is 0.153 e. The zero-order valence-electron chi connectivity index (χ0n) is 10.4. The van der Waals surface area contributed by atoms with Crippen LogP contribution >= 0.6 is 11.6 Å². The van der Waals surface area contributed by atoms with E-state index in [9.17, 15) is 0 Å². The molecule has 0 saturated carbocycles. The Labute approximate surface area is 116 Å². The third kappa shape index (κ3) is 3.20. The fourth-order valence-electron chi connectivity index (χ4n) is 1.47. The zero-order valence-corrected chi connectivity index (χ0v) is 11.2. The van der Waals surface area contributed by atoms with Gasteiger partial charge in [0, 0.05) is 18.1 Å². The second-order valence-electron chi connectivity index (χ2n) is 3.60. The Hall–Kier alpha value is -2.14. The van der Waals surface area contributed by atoms with Crippen LogP contribution in [0.2, 0.25) is 5.02 Å². The Morgan fingerprint density at radius 2 is 2.11 bits per heavy atom. The molecule has 0 fully saturated rings.